The number of nitrogens with one attached hydrogen (secondary N) is 2. The van der Waals surface area contributed by atoms with E-state index in [4.69, 9.17) is 0 Å². The number of hydrogen-bond donors (Lipinski definition) is 3. The second kappa shape index (κ2) is 7.62. The molecule has 0 aromatic rings. The normalized spacial score (nSPS) is 25.3. The standard InChI is InChI=1S/C15H26N2O3/c18-13(7-6-11-8-9-16-10-11)17-14(15(19)20)12-4-2-1-3-5-12/h11-12,14,16H,1-10H2,(H,17,18)(H,19,20). The lowest BCUT2D eigenvalue weighted by Gasteiger charge is -2.28. The molecule has 1 aliphatic carbocycles. The fourth-order valence-electron chi connectivity index (χ4n) is 3.39. The number of hydrogen-bond acceptors (Lipinski definition) is 3. The lowest BCUT2D eigenvalue weighted by atomic mass is 9.84. The Bertz CT molecular complexity index is 334. The molecule has 20 heavy (non-hydrogen) atoms. The van der Waals surface area contributed by atoms with Gasteiger partial charge in [-0.15, -0.1) is 0 Å². The summed E-state index contributed by atoms with van der Waals surface area (Å²) in [5, 5.41) is 15.4. The van der Waals surface area contributed by atoms with Crippen LogP contribution in [-0.4, -0.2) is 36.1 Å². The molecule has 5 nitrogen and oxygen atoms in total. The Morgan fingerprint density at radius 1 is 1.20 bits per heavy atom. The average Bonchev–Trinajstić information content (AvgIpc) is 2.96. The molecule has 1 saturated carbocycles. The van der Waals surface area contributed by atoms with Crippen LogP contribution in [0.3, 0.4) is 0 Å². The Kier molecular flexibility index (Phi) is 5.83. The van der Waals surface area contributed by atoms with Crippen LogP contribution < -0.4 is 10.6 Å². The minimum absolute atomic E-state index is 0.102. The molecule has 1 aliphatic heterocycles. The van der Waals surface area contributed by atoms with Gasteiger partial charge in [0.2, 0.25) is 5.91 Å². The molecule has 1 heterocycles. The highest BCUT2D eigenvalue weighted by atomic mass is 16.4. The van der Waals surface area contributed by atoms with Gasteiger partial charge in [-0.25, -0.2) is 4.79 Å². The van der Waals surface area contributed by atoms with Crippen LogP contribution in [0.2, 0.25) is 0 Å². The summed E-state index contributed by atoms with van der Waals surface area (Å²) < 4.78 is 0. The number of carbonyl (C=O) groups is 2. The number of rotatable bonds is 6. The van der Waals surface area contributed by atoms with Crippen molar-refractivity contribution in [1.82, 2.24) is 10.6 Å². The maximum atomic E-state index is 12.0. The molecule has 1 saturated heterocycles. The minimum atomic E-state index is -0.882. The second-order valence-corrected chi connectivity index (χ2v) is 6.18. The van der Waals surface area contributed by atoms with Gasteiger partial charge in [-0.05, 0) is 50.6 Å². The van der Waals surface area contributed by atoms with E-state index in [0.29, 0.717) is 12.3 Å². The predicted molar refractivity (Wildman–Crippen MR) is 76.4 cm³/mol. The van der Waals surface area contributed by atoms with Crippen molar-refractivity contribution in [3.05, 3.63) is 0 Å². The van der Waals surface area contributed by atoms with E-state index < -0.39 is 12.0 Å². The van der Waals surface area contributed by atoms with Gasteiger partial charge in [-0.1, -0.05) is 19.3 Å². The van der Waals surface area contributed by atoms with E-state index in [0.717, 1.165) is 51.6 Å². The van der Waals surface area contributed by atoms with Crippen LogP contribution >= 0.6 is 0 Å². The highest BCUT2D eigenvalue weighted by molar-refractivity contribution is 5.83. The first kappa shape index (κ1) is 15.3. The van der Waals surface area contributed by atoms with Crippen LogP contribution in [0.1, 0.15) is 51.4 Å². The molecule has 2 unspecified atom stereocenters. The van der Waals surface area contributed by atoms with Gasteiger partial charge in [-0.3, -0.25) is 4.79 Å². The van der Waals surface area contributed by atoms with Crippen molar-refractivity contribution in [3.63, 3.8) is 0 Å². The van der Waals surface area contributed by atoms with Gasteiger partial charge >= 0.3 is 5.97 Å². The Morgan fingerprint density at radius 2 is 1.95 bits per heavy atom. The van der Waals surface area contributed by atoms with E-state index >= 15 is 0 Å². The zero-order chi connectivity index (χ0) is 14.4. The van der Waals surface area contributed by atoms with Crippen LogP contribution in [0.15, 0.2) is 0 Å². The molecule has 5 heteroatoms. The van der Waals surface area contributed by atoms with Gasteiger partial charge in [0.25, 0.3) is 0 Å². The molecule has 0 aromatic heterocycles. The summed E-state index contributed by atoms with van der Waals surface area (Å²) in [5.41, 5.74) is 0. The van der Waals surface area contributed by atoms with Crippen molar-refractivity contribution >= 4 is 11.9 Å². The molecule has 114 valence electrons. The predicted octanol–water partition coefficient (Wildman–Crippen LogP) is 1.53. The lowest BCUT2D eigenvalue weighted by Crippen LogP contribution is -2.46. The lowest BCUT2D eigenvalue weighted by molar-refractivity contribution is -0.143. The molecule has 2 aliphatic rings. The van der Waals surface area contributed by atoms with Crippen LogP contribution in [0.4, 0.5) is 0 Å². The van der Waals surface area contributed by atoms with Crippen molar-refractivity contribution in [3.8, 4) is 0 Å². The zero-order valence-electron chi connectivity index (χ0n) is 12.1. The van der Waals surface area contributed by atoms with Crippen molar-refractivity contribution in [2.45, 2.75) is 57.4 Å². The quantitative estimate of drug-likeness (QED) is 0.690. The SMILES string of the molecule is O=C(CCC1CCNC1)NC(C(=O)O)C1CCCCC1. The largest absolute Gasteiger partial charge is 0.480 e. The van der Waals surface area contributed by atoms with E-state index in [1.807, 2.05) is 0 Å². The first-order valence-corrected chi connectivity index (χ1v) is 7.89. The third kappa shape index (κ3) is 4.47. The van der Waals surface area contributed by atoms with E-state index in [1.54, 1.807) is 0 Å². The highest BCUT2D eigenvalue weighted by Crippen LogP contribution is 2.26. The number of carboxylic acid groups (broad SMARTS) is 1. The summed E-state index contributed by atoms with van der Waals surface area (Å²) in [4.78, 5) is 23.3. The third-order valence-corrected chi connectivity index (χ3v) is 4.65. The summed E-state index contributed by atoms with van der Waals surface area (Å²) in [5.74, 6) is -0.306. The van der Waals surface area contributed by atoms with Crippen LogP contribution in [0.5, 0.6) is 0 Å². The molecule has 2 atom stereocenters. The first-order valence-electron chi connectivity index (χ1n) is 7.89. The van der Waals surface area contributed by atoms with Crippen LogP contribution in [0.25, 0.3) is 0 Å². The minimum Gasteiger partial charge on any atom is -0.480 e. The van der Waals surface area contributed by atoms with Gasteiger partial charge in [0, 0.05) is 6.42 Å². The van der Waals surface area contributed by atoms with Gasteiger partial charge in [0.05, 0.1) is 0 Å². The zero-order valence-corrected chi connectivity index (χ0v) is 12.1. The van der Waals surface area contributed by atoms with Crippen molar-refractivity contribution in [2.75, 3.05) is 13.1 Å². The van der Waals surface area contributed by atoms with Crippen molar-refractivity contribution in [1.29, 1.82) is 0 Å². The van der Waals surface area contributed by atoms with E-state index in [9.17, 15) is 14.7 Å². The maximum absolute atomic E-state index is 12.0. The second-order valence-electron chi connectivity index (χ2n) is 6.18. The molecule has 0 bridgehead atoms. The first-order chi connectivity index (χ1) is 9.66. The Morgan fingerprint density at radius 3 is 2.55 bits per heavy atom. The smallest absolute Gasteiger partial charge is 0.326 e. The van der Waals surface area contributed by atoms with E-state index in [1.165, 1.54) is 6.42 Å². The van der Waals surface area contributed by atoms with Crippen LogP contribution in [0, 0.1) is 11.8 Å². The number of carbonyl (C=O) groups excluding carboxylic acids is 1. The molecule has 0 spiro atoms. The average molecular weight is 282 g/mol. The third-order valence-electron chi connectivity index (χ3n) is 4.65. The van der Waals surface area contributed by atoms with Gasteiger partial charge in [-0.2, -0.15) is 0 Å². The fraction of sp³-hybridized carbons (Fsp3) is 0.867. The summed E-state index contributed by atoms with van der Waals surface area (Å²) in [6.45, 7) is 2.02. The maximum Gasteiger partial charge on any atom is 0.326 e. The summed E-state index contributed by atoms with van der Waals surface area (Å²) >= 11 is 0. The Balaban J connectivity index is 1.77. The van der Waals surface area contributed by atoms with Crippen molar-refractivity contribution < 1.29 is 14.7 Å². The summed E-state index contributed by atoms with van der Waals surface area (Å²) in [6.07, 6.45) is 7.62. The van der Waals surface area contributed by atoms with Gasteiger partial charge < -0.3 is 15.7 Å². The van der Waals surface area contributed by atoms with Crippen molar-refractivity contribution in [2.24, 2.45) is 11.8 Å². The van der Waals surface area contributed by atoms with Gasteiger partial charge in [0.15, 0.2) is 0 Å². The molecule has 3 N–H and O–H groups in total. The molecule has 0 radical (unpaired) electrons. The Labute approximate surface area is 120 Å². The summed E-state index contributed by atoms with van der Waals surface area (Å²) in [6, 6.07) is -0.690. The van der Waals surface area contributed by atoms with Gasteiger partial charge in [0.1, 0.15) is 6.04 Å². The Hall–Kier alpha value is -1.10. The number of carboxylic acids is 1. The molecular weight excluding hydrogens is 256 g/mol. The molecule has 0 aromatic carbocycles. The van der Waals surface area contributed by atoms with Crippen LogP contribution in [-0.2, 0) is 9.59 Å². The highest BCUT2D eigenvalue weighted by Gasteiger charge is 2.30. The van der Waals surface area contributed by atoms with E-state index in [2.05, 4.69) is 10.6 Å². The monoisotopic (exact) mass is 282 g/mol. The van der Waals surface area contributed by atoms with E-state index in [-0.39, 0.29) is 11.8 Å². The fourth-order valence-corrected chi connectivity index (χ4v) is 3.39. The number of aliphatic carboxylic acids is 1. The topological polar surface area (TPSA) is 78.4 Å². The summed E-state index contributed by atoms with van der Waals surface area (Å²) in [7, 11) is 0. The molecule has 1 amide bonds. The molecule has 2 rings (SSSR count). The number of amides is 1. The molecular formula is C15H26N2O3. The molecule has 2 fully saturated rings.